The van der Waals surface area contributed by atoms with E-state index in [2.05, 4.69) is 6.58 Å². The van der Waals surface area contributed by atoms with Crippen LogP contribution in [0.3, 0.4) is 0 Å². The van der Waals surface area contributed by atoms with Crippen LogP contribution in [0.4, 0.5) is 0 Å². The van der Waals surface area contributed by atoms with E-state index in [0.29, 0.717) is 52.8 Å². The average molecular weight is 299 g/mol. The molecule has 0 aromatic rings. The molecular formula is C16H29NO4. The normalized spacial score (nSPS) is 11.3. The highest BCUT2D eigenvalue weighted by molar-refractivity contribution is 5.18. The molecule has 0 radical (unpaired) electrons. The number of rotatable bonds is 14. The second-order valence-corrected chi connectivity index (χ2v) is 4.49. The van der Waals surface area contributed by atoms with Crippen LogP contribution in [-0.2, 0) is 18.9 Å². The first-order chi connectivity index (χ1) is 10.2. The van der Waals surface area contributed by atoms with Gasteiger partial charge in [-0.25, -0.2) is 0 Å². The minimum atomic E-state index is 0.494. The van der Waals surface area contributed by atoms with Crippen LogP contribution < -0.4 is 5.73 Å². The predicted octanol–water partition coefficient (Wildman–Crippen LogP) is 2.05. The molecule has 0 amide bonds. The highest BCUT2D eigenvalue weighted by atomic mass is 16.6. The third-order valence-electron chi connectivity index (χ3n) is 2.28. The van der Waals surface area contributed by atoms with Crippen molar-refractivity contribution < 1.29 is 18.9 Å². The van der Waals surface area contributed by atoms with E-state index >= 15 is 0 Å². The Morgan fingerprint density at radius 3 is 1.86 bits per heavy atom. The molecule has 0 bridgehead atoms. The van der Waals surface area contributed by atoms with Gasteiger partial charge in [0.2, 0.25) is 0 Å². The van der Waals surface area contributed by atoms with Gasteiger partial charge in [0.15, 0.2) is 0 Å². The standard InChI is InChI=1S/C16H29NO4/c1-4-16(6-5-15(2)3)21-14-13-20-12-11-19-10-9-18-8-7-17/h4-6H,1,7-14,17H2,2-3H3/b16-6+. The maximum Gasteiger partial charge on any atom is 0.118 e. The Labute approximate surface area is 128 Å². The van der Waals surface area contributed by atoms with Crippen LogP contribution in [0.25, 0.3) is 0 Å². The van der Waals surface area contributed by atoms with Gasteiger partial charge in [0.1, 0.15) is 12.4 Å². The molecule has 0 heterocycles. The van der Waals surface area contributed by atoms with Crippen molar-refractivity contribution in [2.45, 2.75) is 13.8 Å². The van der Waals surface area contributed by atoms with Crippen LogP contribution in [0.1, 0.15) is 13.8 Å². The first-order valence-corrected chi connectivity index (χ1v) is 7.24. The molecule has 122 valence electrons. The third kappa shape index (κ3) is 15.1. The maximum atomic E-state index is 5.51. The molecule has 0 fully saturated rings. The molecule has 0 spiro atoms. The lowest BCUT2D eigenvalue weighted by atomic mass is 10.3. The van der Waals surface area contributed by atoms with Crippen molar-refractivity contribution in [3.8, 4) is 0 Å². The molecule has 0 rings (SSSR count). The van der Waals surface area contributed by atoms with Crippen LogP contribution in [0.5, 0.6) is 0 Å². The van der Waals surface area contributed by atoms with E-state index in [-0.39, 0.29) is 0 Å². The van der Waals surface area contributed by atoms with Crippen LogP contribution in [0.15, 0.2) is 36.1 Å². The summed E-state index contributed by atoms with van der Waals surface area (Å²) in [4.78, 5) is 0. The predicted molar refractivity (Wildman–Crippen MR) is 85.2 cm³/mol. The largest absolute Gasteiger partial charge is 0.491 e. The van der Waals surface area contributed by atoms with Gasteiger partial charge in [-0.3, -0.25) is 0 Å². The van der Waals surface area contributed by atoms with Crippen molar-refractivity contribution in [1.82, 2.24) is 0 Å². The first kappa shape index (κ1) is 19.9. The SMILES string of the molecule is C=C/C(=C\C=C(C)C)OCCOCCOCCOCCN. The lowest BCUT2D eigenvalue weighted by molar-refractivity contribution is 0.00649. The summed E-state index contributed by atoms with van der Waals surface area (Å²) in [6.45, 7) is 12.1. The van der Waals surface area contributed by atoms with Gasteiger partial charge in [-0.2, -0.15) is 0 Å². The minimum absolute atomic E-state index is 0.494. The average Bonchev–Trinajstić information content (AvgIpc) is 2.47. The molecule has 0 aliphatic rings. The fraction of sp³-hybridized carbons (Fsp3) is 0.625. The number of ether oxygens (including phenoxy) is 4. The van der Waals surface area contributed by atoms with Crippen molar-refractivity contribution in [3.63, 3.8) is 0 Å². The Balaban J connectivity index is 3.41. The van der Waals surface area contributed by atoms with E-state index in [1.54, 1.807) is 6.08 Å². The second kappa shape index (κ2) is 15.3. The Kier molecular flexibility index (Phi) is 14.4. The van der Waals surface area contributed by atoms with Crippen LogP contribution >= 0.6 is 0 Å². The molecule has 0 atom stereocenters. The quantitative estimate of drug-likeness (QED) is 0.302. The lowest BCUT2D eigenvalue weighted by Crippen LogP contribution is -2.14. The number of hydrogen-bond donors (Lipinski definition) is 1. The lowest BCUT2D eigenvalue weighted by Gasteiger charge is -2.08. The molecule has 5 nitrogen and oxygen atoms in total. The molecule has 0 aliphatic carbocycles. The summed E-state index contributed by atoms with van der Waals surface area (Å²) in [5, 5.41) is 0. The van der Waals surface area contributed by atoms with E-state index in [1.165, 1.54) is 5.57 Å². The summed E-state index contributed by atoms with van der Waals surface area (Å²) in [5.41, 5.74) is 6.50. The molecule has 0 saturated carbocycles. The molecular weight excluding hydrogens is 270 g/mol. The van der Waals surface area contributed by atoms with E-state index in [1.807, 2.05) is 26.0 Å². The minimum Gasteiger partial charge on any atom is -0.491 e. The Morgan fingerprint density at radius 2 is 1.38 bits per heavy atom. The summed E-state index contributed by atoms with van der Waals surface area (Å²) in [7, 11) is 0. The van der Waals surface area contributed by atoms with Crippen LogP contribution in [0, 0.1) is 0 Å². The molecule has 5 heteroatoms. The summed E-state index contributed by atoms with van der Waals surface area (Å²) in [6, 6.07) is 0. The van der Waals surface area contributed by atoms with Gasteiger partial charge in [0, 0.05) is 6.54 Å². The zero-order chi connectivity index (χ0) is 15.8. The number of nitrogens with two attached hydrogens (primary N) is 1. The van der Waals surface area contributed by atoms with E-state index < -0.39 is 0 Å². The van der Waals surface area contributed by atoms with Gasteiger partial charge in [0.25, 0.3) is 0 Å². The summed E-state index contributed by atoms with van der Waals surface area (Å²) >= 11 is 0. The monoisotopic (exact) mass is 299 g/mol. The zero-order valence-corrected chi connectivity index (χ0v) is 13.3. The maximum absolute atomic E-state index is 5.51. The number of hydrogen-bond acceptors (Lipinski definition) is 5. The summed E-state index contributed by atoms with van der Waals surface area (Å²) < 4.78 is 21.4. The summed E-state index contributed by atoms with van der Waals surface area (Å²) in [5.74, 6) is 0.744. The molecule has 0 saturated heterocycles. The van der Waals surface area contributed by atoms with Gasteiger partial charge in [-0.15, -0.1) is 0 Å². The Bertz CT molecular complexity index is 309. The zero-order valence-electron chi connectivity index (χ0n) is 13.3. The molecule has 21 heavy (non-hydrogen) atoms. The van der Waals surface area contributed by atoms with Crippen molar-refractivity contribution >= 4 is 0 Å². The second-order valence-electron chi connectivity index (χ2n) is 4.49. The van der Waals surface area contributed by atoms with Gasteiger partial charge in [-0.05, 0) is 26.0 Å². The van der Waals surface area contributed by atoms with Crippen LogP contribution in [0.2, 0.25) is 0 Å². The van der Waals surface area contributed by atoms with E-state index in [9.17, 15) is 0 Å². The molecule has 2 N–H and O–H groups in total. The van der Waals surface area contributed by atoms with E-state index in [4.69, 9.17) is 24.7 Å². The number of allylic oxidation sites excluding steroid dienone is 4. The highest BCUT2D eigenvalue weighted by Gasteiger charge is 1.94. The Morgan fingerprint density at radius 1 is 0.857 bits per heavy atom. The summed E-state index contributed by atoms with van der Waals surface area (Å²) in [6.07, 6.45) is 5.56. The van der Waals surface area contributed by atoms with Crippen molar-refractivity contribution in [1.29, 1.82) is 0 Å². The molecule has 0 aromatic carbocycles. The molecule has 0 aromatic heterocycles. The third-order valence-corrected chi connectivity index (χ3v) is 2.28. The van der Waals surface area contributed by atoms with Gasteiger partial charge < -0.3 is 24.7 Å². The van der Waals surface area contributed by atoms with Gasteiger partial charge >= 0.3 is 0 Å². The van der Waals surface area contributed by atoms with Crippen molar-refractivity contribution in [2.24, 2.45) is 5.73 Å². The Hall–Kier alpha value is -1.14. The van der Waals surface area contributed by atoms with Gasteiger partial charge in [0.05, 0.1) is 39.6 Å². The van der Waals surface area contributed by atoms with Gasteiger partial charge in [-0.1, -0.05) is 18.2 Å². The highest BCUT2D eigenvalue weighted by Crippen LogP contribution is 2.01. The molecule has 0 unspecified atom stereocenters. The van der Waals surface area contributed by atoms with Crippen molar-refractivity contribution in [2.75, 3.05) is 52.8 Å². The topological polar surface area (TPSA) is 62.9 Å². The smallest absolute Gasteiger partial charge is 0.118 e. The van der Waals surface area contributed by atoms with Crippen molar-refractivity contribution in [3.05, 3.63) is 36.1 Å². The van der Waals surface area contributed by atoms with E-state index in [0.717, 1.165) is 5.76 Å². The van der Waals surface area contributed by atoms with Crippen LogP contribution in [-0.4, -0.2) is 52.8 Å². The molecule has 0 aliphatic heterocycles. The first-order valence-electron chi connectivity index (χ1n) is 7.24. The fourth-order valence-electron chi connectivity index (χ4n) is 1.27. The fourth-order valence-corrected chi connectivity index (χ4v) is 1.27.